The van der Waals surface area contributed by atoms with Crippen molar-refractivity contribution in [3.8, 4) is 0 Å². The molecular formula is C13H20Cl2N2. The Morgan fingerprint density at radius 3 is 2.24 bits per heavy atom. The molecule has 0 atom stereocenters. The van der Waals surface area contributed by atoms with Gasteiger partial charge >= 0.3 is 0 Å². The molecule has 0 heterocycles. The van der Waals surface area contributed by atoms with Crippen LogP contribution in [0.25, 0.3) is 0 Å². The van der Waals surface area contributed by atoms with Crippen molar-refractivity contribution in [2.24, 2.45) is 0 Å². The predicted octanol–water partition coefficient (Wildman–Crippen LogP) is 3.42. The third-order valence-electron chi connectivity index (χ3n) is 2.86. The van der Waals surface area contributed by atoms with Gasteiger partial charge in [-0.2, -0.15) is 0 Å². The van der Waals surface area contributed by atoms with Crippen molar-refractivity contribution in [1.29, 1.82) is 0 Å². The molecule has 0 radical (unpaired) electrons. The molecule has 0 saturated heterocycles. The minimum absolute atomic E-state index is 0.722. The van der Waals surface area contributed by atoms with Crippen molar-refractivity contribution in [3.05, 3.63) is 33.8 Å². The zero-order valence-electron chi connectivity index (χ0n) is 10.5. The van der Waals surface area contributed by atoms with E-state index in [1.165, 1.54) is 0 Å². The molecule has 1 aromatic carbocycles. The number of nitrogens with one attached hydrogen (secondary N) is 1. The van der Waals surface area contributed by atoms with Crippen molar-refractivity contribution in [2.75, 3.05) is 26.2 Å². The first-order valence-electron chi connectivity index (χ1n) is 6.05. The van der Waals surface area contributed by atoms with E-state index in [1.54, 1.807) is 0 Å². The van der Waals surface area contributed by atoms with Crippen LogP contribution in [0.15, 0.2) is 18.2 Å². The van der Waals surface area contributed by atoms with Gasteiger partial charge in [-0.15, -0.1) is 0 Å². The Labute approximate surface area is 114 Å². The molecule has 96 valence electrons. The molecule has 0 aliphatic carbocycles. The van der Waals surface area contributed by atoms with Crippen LogP contribution in [0.3, 0.4) is 0 Å². The van der Waals surface area contributed by atoms with E-state index >= 15 is 0 Å². The number of likely N-dealkylation sites (N-methyl/N-ethyl adjacent to an activating group) is 1. The Kier molecular flexibility index (Phi) is 6.90. The lowest BCUT2D eigenvalue weighted by atomic mass is 10.2. The van der Waals surface area contributed by atoms with Gasteiger partial charge in [0.1, 0.15) is 0 Å². The van der Waals surface area contributed by atoms with E-state index in [0.29, 0.717) is 0 Å². The van der Waals surface area contributed by atoms with Gasteiger partial charge in [0.15, 0.2) is 0 Å². The lowest BCUT2D eigenvalue weighted by Crippen LogP contribution is -2.31. The zero-order valence-corrected chi connectivity index (χ0v) is 12.0. The molecule has 0 bridgehead atoms. The van der Waals surface area contributed by atoms with E-state index in [2.05, 4.69) is 24.1 Å². The number of benzene rings is 1. The SMILES string of the molecule is CCN(CC)CCNCc1c(Cl)cccc1Cl. The quantitative estimate of drug-likeness (QED) is 0.767. The van der Waals surface area contributed by atoms with Gasteiger partial charge in [-0.25, -0.2) is 0 Å². The summed E-state index contributed by atoms with van der Waals surface area (Å²) in [4.78, 5) is 2.38. The maximum absolute atomic E-state index is 6.09. The fraction of sp³-hybridized carbons (Fsp3) is 0.538. The standard InChI is InChI=1S/C13H20Cl2N2/c1-3-17(4-2)9-8-16-10-11-12(14)6-5-7-13(11)15/h5-7,16H,3-4,8-10H2,1-2H3. The molecule has 17 heavy (non-hydrogen) atoms. The smallest absolute Gasteiger partial charge is 0.0465 e. The van der Waals surface area contributed by atoms with Gasteiger partial charge in [0.25, 0.3) is 0 Å². The Hall–Kier alpha value is -0.280. The third-order valence-corrected chi connectivity index (χ3v) is 3.57. The molecule has 2 nitrogen and oxygen atoms in total. The highest BCUT2D eigenvalue weighted by molar-refractivity contribution is 6.35. The third kappa shape index (κ3) is 4.84. The predicted molar refractivity (Wildman–Crippen MR) is 76.0 cm³/mol. The monoisotopic (exact) mass is 274 g/mol. The summed E-state index contributed by atoms with van der Waals surface area (Å²) in [5, 5.41) is 4.83. The first kappa shape index (κ1) is 14.8. The van der Waals surface area contributed by atoms with Crippen LogP contribution in [0, 0.1) is 0 Å². The highest BCUT2D eigenvalue weighted by Crippen LogP contribution is 2.23. The average Bonchev–Trinajstić information content (AvgIpc) is 2.32. The normalized spacial score (nSPS) is 11.1. The van der Waals surface area contributed by atoms with E-state index in [4.69, 9.17) is 23.2 Å². The van der Waals surface area contributed by atoms with Gasteiger partial charge in [0, 0.05) is 35.2 Å². The van der Waals surface area contributed by atoms with Crippen LogP contribution in [-0.4, -0.2) is 31.1 Å². The molecule has 0 aliphatic rings. The lowest BCUT2D eigenvalue weighted by molar-refractivity contribution is 0.302. The van der Waals surface area contributed by atoms with E-state index < -0.39 is 0 Å². The van der Waals surface area contributed by atoms with E-state index in [9.17, 15) is 0 Å². The fourth-order valence-corrected chi connectivity index (χ4v) is 2.22. The van der Waals surface area contributed by atoms with Crippen molar-refractivity contribution >= 4 is 23.2 Å². The number of hydrogen-bond donors (Lipinski definition) is 1. The van der Waals surface area contributed by atoms with E-state index in [0.717, 1.165) is 48.3 Å². The van der Waals surface area contributed by atoms with Crippen LogP contribution in [-0.2, 0) is 6.54 Å². The van der Waals surface area contributed by atoms with Crippen LogP contribution in [0.4, 0.5) is 0 Å². The Bertz CT molecular complexity index is 318. The van der Waals surface area contributed by atoms with Crippen LogP contribution in [0.1, 0.15) is 19.4 Å². The van der Waals surface area contributed by atoms with Crippen LogP contribution >= 0.6 is 23.2 Å². The van der Waals surface area contributed by atoms with Crippen molar-refractivity contribution in [3.63, 3.8) is 0 Å². The molecular weight excluding hydrogens is 255 g/mol. The molecule has 1 N–H and O–H groups in total. The Balaban J connectivity index is 2.36. The number of nitrogens with zero attached hydrogens (tertiary/aromatic N) is 1. The minimum atomic E-state index is 0.722. The first-order valence-corrected chi connectivity index (χ1v) is 6.80. The highest BCUT2D eigenvalue weighted by Gasteiger charge is 2.04. The van der Waals surface area contributed by atoms with Gasteiger partial charge in [-0.1, -0.05) is 43.1 Å². The lowest BCUT2D eigenvalue weighted by Gasteiger charge is -2.18. The Morgan fingerprint density at radius 2 is 1.71 bits per heavy atom. The van der Waals surface area contributed by atoms with Crippen LogP contribution in [0.2, 0.25) is 10.0 Å². The van der Waals surface area contributed by atoms with Crippen LogP contribution in [0.5, 0.6) is 0 Å². The summed E-state index contributed by atoms with van der Waals surface area (Å²) >= 11 is 12.2. The van der Waals surface area contributed by atoms with Gasteiger partial charge in [0.05, 0.1) is 0 Å². The number of rotatable bonds is 7. The summed E-state index contributed by atoms with van der Waals surface area (Å²) in [7, 11) is 0. The summed E-state index contributed by atoms with van der Waals surface area (Å²) < 4.78 is 0. The molecule has 0 amide bonds. The molecule has 0 fully saturated rings. The zero-order chi connectivity index (χ0) is 12.7. The maximum Gasteiger partial charge on any atom is 0.0465 e. The second kappa shape index (κ2) is 7.93. The van der Waals surface area contributed by atoms with Crippen molar-refractivity contribution in [2.45, 2.75) is 20.4 Å². The van der Waals surface area contributed by atoms with Gasteiger partial charge in [-0.3, -0.25) is 0 Å². The summed E-state index contributed by atoms with van der Waals surface area (Å²) in [5.41, 5.74) is 0.982. The second-order valence-electron chi connectivity index (χ2n) is 3.90. The molecule has 1 aromatic rings. The number of hydrogen-bond acceptors (Lipinski definition) is 2. The fourth-order valence-electron chi connectivity index (χ4n) is 1.69. The topological polar surface area (TPSA) is 15.3 Å². The molecule has 0 unspecified atom stereocenters. The largest absolute Gasteiger partial charge is 0.311 e. The van der Waals surface area contributed by atoms with E-state index in [-0.39, 0.29) is 0 Å². The first-order chi connectivity index (χ1) is 8.19. The second-order valence-corrected chi connectivity index (χ2v) is 4.72. The summed E-state index contributed by atoms with van der Waals surface area (Å²) in [6, 6.07) is 5.60. The van der Waals surface area contributed by atoms with Gasteiger partial charge < -0.3 is 10.2 Å². The van der Waals surface area contributed by atoms with Crippen molar-refractivity contribution < 1.29 is 0 Å². The number of halogens is 2. The Morgan fingerprint density at radius 1 is 1.12 bits per heavy atom. The molecule has 4 heteroatoms. The maximum atomic E-state index is 6.09. The molecule has 1 rings (SSSR count). The van der Waals surface area contributed by atoms with E-state index in [1.807, 2.05) is 18.2 Å². The molecule has 0 aromatic heterocycles. The summed E-state index contributed by atoms with van der Waals surface area (Å²) in [6.45, 7) is 9.25. The van der Waals surface area contributed by atoms with Gasteiger partial charge in [-0.05, 0) is 25.2 Å². The summed E-state index contributed by atoms with van der Waals surface area (Å²) in [6.07, 6.45) is 0. The highest BCUT2D eigenvalue weighted by atomic mass is 35.5. The average molecular weight is 275 g/mol. The van der Waals surface area contributed by atoms with Gasteiger partial charge in [0.2, 0.25) is 0 Å². The van der Waals surface area contributed by atoms with Crippen molar-refractivity contribution in [1.82, 2.24) is 10.2 Å². The van der Waals surface area contributed by atoms with Crippen LogP contribution < -0.4 is 5.32 Å². The summed E-state index contributed by atoms with van der Waals surface area (Å²) in [5.74, 6) is 0. The minimum Gasteiger partial charge on any atom is -0.311 e. The molecule has 0 spiro atoms. The molecule has 0 saturated carbocycles. The molecule has 0 aliphatic heterocycles.